The maximum atomic E-state index is 5.42. The molecule has 1 saturated carbocycles. The summed E-state index contributed by atoms with van der Waals surface area (Å²) in [5.41, 5.74) is 3.76. The third-order valence-corrected chi connectivity index (χ3v) is 7.72. The molecule has 2 aromatic heterocycles. The molecule has 1 aliphatic heterocycles. The molecule has 3 heterocycles. The Bertz CT molecular complexity index is 1110. The second-order valence-electron chi connectivity index (χ2n) is 10.2. The minimum atomic E-state index is 0.0425. The number of benzene rings is 1. The normalized spacial score (nSPS) is 18.9. The second kappa shape index (κ2) is 8.84. The molecule has 33 heavy (non-hydrogen) atoms. The number of aromatic nitrogens is 4. The van der Waals surface area contributed by atoms with Crippen LogP contribution in [0.3, 0.4) is 0 Å². The number of hydrogen-bond donors (Lipinski definition) is 1. The molecule has 0 unspecified atom stereocenters. The van der Waals surface area contributed by atoms with Crippen LogP contribution in [0.2, 0.25) is 0 Å². The molecule has 2 aliphatic rings. The minimum absolute atomic E-state index is 0.0425. The van der Waals surface area contributed by atoms with Crippen molar-refractivity contribution in [3.05, 3.63) is 41.6 Å². The van der Waals surface area contributed by atoms with Crippen molar-refractivity contribution in [3.63, 3.8) is 0 Å². The lowest BCUT2D eigenvalue weighted by atomic mass is 9.77. The van der Waals surface area contributed by atoms with E-state index < -0.39 is 0 Å². The Morgan fingerprint density at radius 3 is 2.48 bits per heavy atom. The molecule has 1 spiro atoms. The lowest BCUT2D eigenvalue weighted by molar-refractivity contribution is 0.225. The summed E-state index contributed by atoms with van der Waals surface area (Å²) in [5.74, 6) is 2.75. The summed E-state index contributed by atoms with van der Waals surface area (Å²) in [7, 11) is 1.70. The monoisotopic (exact) mass is 448 g/mol. The summed E-state index contributed by atoms with van der Waals surface area (Å²) in [6, 6.07) is 8.19. The van der Waals surface area contributed by atoms with Crippen LogP contribution >= 0.6 is 0 Å². The van der Waals surface area contributed by atoms with E-state index in [1.165, 1.54) is 38.5 Å². The zero-order valence-corrected chi connectivity index (χ0v) is 20.3. The molecule has 7 nitrogen and oxygen atoms in total. The standard InChI is InChI=1S/C26H36N6O/c1-18(2)22-17-27-32-23(22)29-24(31-14-12-26(13-15-31)10-5-6-11-26)30-25(32)28-19(3)20-8-7-9-21(16-20)33-4/h7-9,16-19H,5-6,10-15H2,1-4H3,(H,28,29,30)/t19-/m0/s1. The summed E-state index contributed by atoms with van der Waals surface area (Å²) in [6.45, 7) is 8.59. The number of methoxy groups -OCH3 is 1. The van der Waals surface area contributed by atoms with E-state index in [0.717, 1.165) is 47.5 Å². The summed E-state index contributed by atoms with van der Waals surface area (Å²) in [6.07, 6.45) is 10.0. The van der Waals surface area contributed by atoms with Gasteiger partial charge < -0.3 is 15.0 Å². The van der Waals surface area contributed by atoms with Crippen molar-refractivity contribution in [2.24, 2.45) is 5.41 Å². The van der Waals surface area contributed by atoms with Gasteiger partial charge in [-0.05, 0) is 61.6 Å². The van der Waals surface area contributed by atoms with Crippen molar-refractivity contribution < 1.29 is 4.74 Å². The van der Waals surface area contributed by atoms with Gasteiger partial charge in [-0.1, -0.05) is 38.8 Å². The molecule has 5 rings (SSSR count). The third kappa shape index (κ3) is 4.25. The van der Waals surface area contributed by atoms with Crippen molar-refractivity contribution in [2.75, 3.05) is 30.4 Å². The van der Waals surface area contributed by atoms with Crippen molar-refractivity contribution in [3.8, 4) is 5.75 Å². The number of piperidine rings is 1. The quantitative estimate of drug-likeness (QED) is 0.530. The van der Waals surface area contributed by atoms with Crippen LogP contribution in [0.4, 0.5) is 11.9 Å². The van der Waals surface area contributed by atoms with E-state index in [-0.39, 0.29) is 6.04 Å². The van der Waals surface area contributed by atoms with Gasteiger partial charge in [0.15, 0.2) is 5.65 Å². The third-order valence-electron chi connectivity index (χ3n) is 7.72. The highest BCUT2D eigenvalue weighted by atomic mass is 16.5. The summed E-state index contributed by atoms with van der Waals surface area (Å²) in [5, 5.41) is 8.25. The first-order chi connectivity index (χ1) is 16.0. The maximum absolute atomic E-state index is 5.42. The minimum Gasteiger partial charge on any atom is -0.497 e. The van der Waals surface area contributed by atoms with Gasteiger partial charge in [0.2, 0.25) is 11.9 Å². The smallest absolute Gasteiger partial charge is 0.230 e. The zero-order chi connectivity index (χ0) is 23.0. The highest BCUT2D eigenvalue weighted by Crippen LogP contribution is 2.46. The topological polar surface area (TPSA) is 67.6 Å². The molecule has 0 bridgehead atoms. The summed E-state index contributed by atoms with van der Waals surface area (Å²) < 4.78 is 7.27. The van der Waals surface area contributed by atoms with Gasteiger partial charge >= 0.3 is 0 Å². The van der Waals surface area contributed by atoms with Gasteiger partial charge in [0.05, 0.1) is 19.3 Å². The van der Waals surface area contributed by atoms with Crippen LogP contribution in [0.15, 0.2) is 30.5 Å². The molecular formula is C26H36N6O. The number of anilines is 2. The predicted octanol–water partition coefficient (Wildman–Crippen LogP) is 5.59. The Morgan fingerprint density at radius 2 is 1.79 bits per heavy atom. The lowest BCUT2D eigenvalue weighted by Crippen LogP contribution is -2.40. The first-order valence-corrected chi connectivity index (χ1v) is 12.4. The molecule has 1 aromatic carbocycles. The van der Waals surface area contributed by atoms with Gasteiger partial charge in [0, 0.05) is 18.7 Å². The van der Waals surface area contributed by atoms with Gasteiger partial charge in [-0.3, -0.25) is 0 Å². The summed E-state index contributed by atoms with van der Waals surface area (Å²) in [4.78, 5) is 12.4. The van der Waals surface area contributed by atoms with Crippen molar-refractivity contribution in [2.45, 2.75) is 71.3 Å². The van der Waals surface area contributed by atoms with Crippen LogP contribution in [0.5, 0.6) is 5.75 Å². The van der Waals surface area contributed by atoms with Crippen molar-refractivity contribution >= 4 is 17.5 Å². The van der Waals surface area contributed by atoms with Crippen LogP contribution < -0.4 is 15.0 Å². The van der Waals surface area contributed by atoms with E-state index in [1.807, 2.05) is 22.8 Å². The van der Waals surface area contributed by atoms with Crippen molar-refractivity contribution in [1.29, 1.82) is 0 Å². The molecule has 0 radical (unpaired) electrons. The Morgan fingerprint density at radius 1 is 1.03 bits per heavy atom. The lowest BCUT2D eigenvalue weighted by Gasteiger charge is -2.39. The number of nitrogens with zero attached hydrogens (tertiary/aromatic N) is 5. The van der Waals surface area contributed by atoms with Gasteiger partial charge in [0.1, 0.15) is 5.75 Å². The van der Waals surface area contributed by atoms with Gasteiger partial charge in [-0.2, -0.15) is 19.6 Å². The molecule has 1 atom stereocenters. The number of hydrogen-bond acceptors (Lipinski definition) is 6. The molecule has 1 saturated heterocycles. The molecule has 1 N–H and O–H groups in total. The Balaban J connectivity index is 1.47. The van der Waals surface area contributed by atoms with Crippen LogP contribution in [0, 0.1) is 5.41 Å². The molecular weight excluding hydrogens is 412 g/mol. The Labute approximate surface area is 196 Å². The average Bonchev–Trinajstić information content (AvgIpc) is 3.47. The van der Waals surface area contributed by atoms with Crippen LogP contribution in [0.1, 0.15) is 82.4 Å². The predicted molar refractivity (Wildman–Crippen MR) is 132 cm³/mol. The van der Waals surface area contributed by atoms with Crippen LogP contribution in [-0.4, -0.2) is 39.8 Å². The van der Waals surface area contributed by atoms with E-state index in [4.69, 9.17) is 14.7 Å². The molecule has 2 fully saturated rings. The second-order valence-corrected chi connectivity index (χ2v) is 10.2. The van der Waals surface area contributed by atoms with Crippen LogP contribution in [-0.2, 0) is 0 Å². The van der Waals surface area contributed by atoms with E-state index >= 15 is 0 Å². The highest BCUT2D eigenvalue weighted by Gasteiger charge is 2.37. The summed E-state index contributed by atoms with van der Waals surface area (Å²) >= 11 is 0. The van der Waals surface area contributed by atoms with Gasteiger partial charge in [-0.15, -0.1) is 0 Å². The Hall–Kier alpha value is -2.83. The highest BCUT2D eigenvalue weighted by molar-refractivity contribution is 5.57. The number of nitrogens with one attached hydrogen (secondary N) is 1. The van der Waals surface area contributed by atoms with Gasteiger partial charge in [0.25, 0.3) is 0 Å². The van der Waals surface area contributed by atoms with Crippen molar-refractivity contribution in [1.82, 2.24) is 19.6 Å². The first kappa shape index (κ1) is 22.0. The van der Waals surface area contributed by atoms with E-state index in [9.17, 15) is 0 Å². The van der Waals surface area contributed by atoms with E-state index in [1.54, 1.807) is 7.11 Å². The number of rotatable bonds is 6. The number of ether oxygens (including phenoxy) is 1. The molecule has 3 aromatic rings. The fourth-order valence-electron chi connectivity index (χ4n) is 5.52. The van der Waals surface area contributed by atoms with E-state index in [0.29, 0.717) is 11.3 Å². The first-order valence-electron chi connectivity index (χ1n) is 12.4. The SMILES string of the molecule is COc1cccc([C@H](C)Nc2nc(N3CCC4(CCCC4)CC3)nc3c(C(C)C)cnn23)c1. The average molecular weight is 449 g/mol. The van der Waals surface area contributed by atoms with Gasteiger partial charge in [-0.25, -0.2) is 0 Å². The van der Waals surface area contributed by atoms with Crippen LogP contribution in [0.25, 0.3) is 5.65 Å². The number of fused-ring (bicyclic) bond motifs is 1. The zero-order valence-electron chi connectivity index (χ0n) is 20.3. The largest absolute Gasteiger partial charge is 0.497 e. The Kier molecular flexibility index (Phi) is 5.89. The fourth-order valence-corrected chi connectivity index (χ4v) is 5.52. The molecule has 176 valence electrons. The van der Waals surface area contributed by atoms with E-state index in [2.05, 4.69) is 48.2 Å². The molecule has 7 heteroatoms. The maximum Gasteiger partial charge on any atom is 0.230 e. The fraction of sp³-hybridized carbons (Fsp3) is 0.577. The molecule has 1 aliphatic carbocycles. The molecule has 0 amide bonds.